The summed E-state index contributed by atoms with van der Waals surface area (Å²) in [6.07, 6.45) is 3.80. The van der Waals surface area contributed by atoms with Crippen molar-refractivity contribution in [1.29, 1.82) is 0 Å². The molecule has 1 aromatic heterocycles. The zero-order valence-electron chi connectivity index (χ0n) is 12.1. The third-order valence-corrected chi connectivity index (χ3v) is 3.58. The molecular weight excluding hydrogens is 270 g/mol. The lowest BCUT2D eigenvalue weighted by Crippen LogP contribution is -2.26. The lowest BCUT2D eigenvalue weighted by Gasteiger charge is -2.23. The number of hydrogen-bond donors (Lipinski definition) is 2. The van der Waals surface area contributed by atoms with Crippen molar-refractivity contribution in [2.24, 2.45) is 5.92 Å². The third kappa shape index (κ3) is 3.28. The van der Waals surface area contributed by atoms with Crippen LogP contribution in [0, 0.1) is 16.0 Å². The van der Waals surface area contributed by atoms with Crippen molar-refractivity contribution < 1.29 is 10.0 Å². The van der Waals surface area contributed by atoms with Gasteiger partial charge in [-0.15, -0.1) is 0 Å². The number of nitrogens with one attached hydrogen (secondary N) is 1. The summed E-state index contributed by atoms with van der Waals surface area (Å²) < 4.78 is 0. The summed E-state index contributed by atoms with van der Waals surface area (Å²) in [5.74, 6) is 0.332. The fourth-order valence-electron chi connectivity index (χ4n) is 2.37. The van der Waals surface area contributed by atoms with Gasteiger partial charge >= 0.3 is 0 Å². The van der Waals surface area contributed by atoms with Crippen molar-refractivity contribution >= 4 is 22.1 Å². The Morgan fingerprint density at radius 1 is 1.33 bits per heavy atom. The highest BCUT2D eigenvalue weighted by Crippen LogP contribution is 2.31. The van der Waals surface area contributed by atoms with Gasteiger partial charge in [0.2, 0.25) is 0 Å². The fourth-order valence-corrected chi connectivity index (χ4v) is 2.37. The van der Waals surface area contributed by atoms with Gasteiger partial charge in [0.25, 0.3) is 5.69 Å². The van der Waals surface area contributed by atoms with Crippen LogP contribution in [0.4, 0.5) is 11.4 Å². The van der Waals surface area contributed by atoms with Crippen LogP contribution in [0.2, 0.25) is 0 Å². The van der Waals surface area contributed by atoms with Gasteiger partial charge in [-0.2, -0.15) is 0 Å². The molecule has 0 fully saturated rings. The molecule has 2 rings (SSSR count). The van der Waals surface area contributed by atoms with Gasteiger partial charge in [-0.3, -0.25) is 15.1 Å². The Labute approximate surface area is 123 Å². The van der Waals surface area contributed by atoms with Gasteiger partial charge in [0.1, 0.15) is 0 Å². The molecule has 0 spiro atoms. The monoisotopic (exact) mass is 289 g/mol. The number of non-ortho nitro benzene ring substituents is 1. The molecule has 21 heavy (non-hydrogen) atoms. The Balaban J connectivity index is 2.46. The topological polar surface area (TPSA) is 88.3 Å². The molecule has 1 aromatic carbocycles. The molecule has 6 nitrogen and oxygen atoms in total. The van der Waals surface area contributed by atoms with Crippen LogP contribution >= 0.6 is 0 Å². The zero-order valence-corrected chi connectivity index (χ0v) is 12.1. The molecule has 0 aliphatic rings. The Bertz CT molecular complexity index is 643. The van der Waals surface area contributed by atoms with Crippen LogP contribution in [0.1, 0.15) is 20.3 Å². The highest BCUT2D eigenvalue weighted by Gasteiger charge is 2.17. The van der Waals surface area contributed by atoms with Gasteiger partial charge in [0.15, 0.2) is 0 Å². The SMILES string of the molecule is CC(C)C(CCO)Nc1ccc([N+](=O)[O-])c2ccncc12. The maximum Gasteiger partial charge on any atom is 0.277 e. The summed E-state index contributed by atoms with van der Waals surface area (Å²) in [5.41, 5.74) is 0.872. The number of aliphatic hydroxyl groups excluding tert-OH is 1. The van der Waals surface area contributed by atoms with Crippen LogP contribution in [0.25, 0.3) is 10.8 Å². The summed E-state index contributed by atoms with van der Waals surface area (Å²) in [6, 6.07) is 4.95. The van der Waals surface area contributed by atoms with Crippen LogP contribution in [-0.2, 0) is 0 Å². The zero-order chi connectivity index (χ0) is 15.4. The molecular formula is C15H19N3O3. The van der Waals surface area contributed by atoms with Crippen LogP contribution in [-0.4, -0.2) is 27.7 Å². The molecule has 112 valence electrons. The van der Waals surface area contributed by atoms with E-state index >= 15 is 0 Å². The van der Waals surface area contributed by atoms with E-state index in [1.165, 1.54) is 6.07 Å². The van der Waals surface area contributed by atoms with Crippen LogP contribution < -0.4 is 5.32 Å². The highest BCUT2D eigenvalue weighted by atomic mass is 16.6. The molecule has 0 aliphatic heterocycles. The molecule has 0 aliphatic carbocycles. The molecule has 2 N–H and O–H groups in total. The Hall–Kier alpha value is -2.21. The number of hydrogen-bond acceptors (Lipinski definition) is 5. The second-order valence-electron chi connectivity index (χ2n) is 5.32. The van der Waals surface area contributed by atoms with Crippen molar-refractivity contribution in [3.63, 3.8) is 0 Å². The van der Waals surface area contributed by atoms with Gasteiger partial charge in [-0.05, 0) is 24.5 Å². The molecule has 0 radical (unpaired) electrons. The lowest BCUT2D eigenvalue weighted by molar-refractivity contribution is -0.383. The minimum Gasteiger partial charge on any atom is -0.396 e. The Morgan fingerprint density at radius 2 is 2.10 bits per heavy atom. The van der Waals surface area contributed by atoms with Crippen molar-refractivity contribution in [2.75, 3.05) is 11.9 Å². The Kier molecular flexibility index (Phi) is 4.70. The van der Waals surface area contributed by atoms with E-state index in [4.69, 9.17) is 5.11 Å². The first-order valence-electron chi connectivity index (χ1n) is 6.93. The average Bonchev–Trinajstić information content (AvgIpc) is 2.46. The molecule has 0 saturated carbocycles. The predicted octanol–water partition coefficient (Wildman–Crippen LogP) is 2.96. The maximum atomic E-state index is 11.1. The minimum atomic E-state index is -0.389. The van der Waals surface area contributed by atoms with E-state index in [0.29, 0.717) is 17.7 Å². The molecule has 1 heterocycles. The quantitative estimate of drug-likeness (QED) is 0.630. The largest absolute Gasteiger partial charge is 0.396 e. The summed E-state index contributed by atoms with van der Waals surface area (Å²) in [4.78, 5) is 14.8. The number of pyridine rings is 1. The first kappa shape index (κ1) is 15.2. The number of aromatic nitrogens is 1. The normalized spacial score (nSPS) is 12.6. The van der Waals surface area contributed by atoms with E-state index in [1.807, 2.05) is 0 Å². The molecule has 6 heteroatoms. The third-order valence-electron chi connectivity index (χ3n) is 3.58. The second-order valence-corrected chi connectivity index (χ2v) is 5.32. The van der Waals surface area contributed by atoms with Gasteiger partial charge in [-0.1, -0.05) is 13.8 Å². The van der Waals surface area contributed by atoms with Gasteiger partial charge in [0, 0.05) is 42.2 Å². The van der Waals surface area contributed by atoms with Gasteiger partial charge in [0.05, 0.1) is 10.3 Å². The first-order valence-corrected chi connectivity index (χ1v) is 6.93. The second kappa shape index (κ2) is 6.49. The van der Waals surface area contributed by atoms with Gasteiger partial charge in [-0.25, -0.2) is 0 Å². The summed E-state index contributed by atoms with van der Waals surface area (Å²) >= 11 is 0. The van der Waals surface area contributed by atoms with Crippen molar-refractivity contribution in [2.45, 2.75) is 26.3 Å². The van der Waals surface area contributed by atoms with E-state index in [0.717, 1.165) is 11.1 Å². The number of benzene rings is 1. The number of nitro groups is 1. The van der Waals surface area contributed by atoms with Crippen molar-refractivity contribution in [3.8, 4) is 0 Å². The molecule has 2 aromatic rings. The van der Waals surface area contributed by atoms with E-state index in [-0.39, 0.29) is 23.3 Å². The van der Waals surface area contributed by atoms with Crippen molar-refractivity contribution in [3.05, 3.63) is 40.7 Å². The number of nitrogens with zero attached hydrogens (tertiary/aromatic N) is 2. The molecule has 1 atom stereocenters. The minimum absolute atomic E-state index is 0.0706. The molecule has 0 amide bonds. The summed E-state index contributed by atoms with van der Waals surface area (Å²) in [7, 11) is 0. The van der Waals surface area contributed by atoms with Gasteiger partial charge < -0.3 is 10.4 Å². The smallest absolute Gasteiger partial charge is 0.277 e. The Morgan fingerprint density at radius 3 is 2.71 bits per heavy atom. The van der Waals surface area contributed by atoms with E-state index in [9.17, 15) is 10.1 Å². The van der Waals surface area contributed by atoms with E-state index in [1.54, 1.807) is 24.5 Å². The number of rotatable bonds is 6. The van der Waals surface area contributed by atoms with E-state index in [2.05, 4.69) is 24.1 Å². The fraction of sp³-hybridized carbons (Fsp3) is 0.400. The van der Waals surface area contributed by atoms with Crippen LogP contribution in [0.15, 0.2) is 30.6 Å². The molecule has 0 bridgehead atoms. The summed E-state index contributed by atoms with van der Waals surface area (Å²) in [5, 5.41) is 24.9. The van der Waals surface area contributed by atoms with Crippen LogP contribution in [0.5, 0.6) is 0 Å². The molecule has 0 saturated heterocycles. The standard InChI is InChI=1S/C15H19N3O3/c1-10(2)13(6-8-19)17-14-3-4-15(18(20)21)11-5-7-16-9-12(11)14/h3-5,7,9-10,13,17,19H,6,8H2,1-2H3. The maximum absolute atomic E-state index is 11.1. The van der Waals surface area contributed by atoms with E-state index < -0.39 is 0 Å². The van der Waals surface area contributed by atoms with Crippen molar-refractivity contribution in [1.82, 2.24) is 4.98 Å². The number of anilines is 1. The number of fused-ring (bicyclic) bond motifs is 1. The first-order chi connectivity index (χ1) is 10.0. The highest BCUT2D eigenvalue weighted by molar-refractivity contribution is 5.99. The average molecular weight is 289 g/mol. The van der Waals surface area contributed by atoms with Crippen LogP contribution in [0.3, 0.4) is 0 Å². The lowest BCUT2D eigenvalue weighted by atomic mass is 10.00. The predicted molar refractivity (Wildman–Crippen MR) is 82.3 cm³/mol. The number of aliphatic hydroxyl groups is 1. The summed E-state index contributed by atoms with van der Waals surface area (Å²) in [6.45, 7) is 4.23. The molecule has 1 unspecified atom stereocenters. The number of nitro benzene ring substituents is 1.